The fourth-order valence-electron chi connectivity index (χ4n) is 2.65. The standard InChI is InChI=1S/C18H17ClN4O6/c1-4-28-18(26)15-14-16(29-22-15)20-9(2)23(17(14)25)8-13(24)21-10-5-6-12(27-3)11(19)7-10/h5-7H,4,8H2,1-3H3,(H,21,24). The molecule has 0 aliphatic carbocycles. The smallest absolute Gasteiger partial charge is 0.361 e. The number of hydrogen-bond donors (Lipinski definition) is 1. The average molecular weight is 421 g/mol. The van der Waals surface area contributed by atoms with Gasteiger partial charge < -0.3 is 19.3 Å². The maximum Gasteiger partial charge on any atom is 0.361 e. The predicted molar refractivity (Wildman–Crippen MR) is 103 cm³/mol. The van der Waals surface area contributed by atoms with Gasteiger partial charge in [0.2, 0.25) is 11.6 Å². The lowest BCUT2D eigenvalue weighted by molar-refractivity contribution is -0.116. The molecule has 0 saturated carbocycles. The second-order valence-electron chi connectivity index (χ2n) is 5.88. The normalized spacial score (nSPS) is 10.8. The summed E-state index contributed by atoms with van der Waals surface area (Å²) in [5.74, 6) is -0.619. The highest BCUT2D eigenvalue weighted by atomic mass is 35.5. The Morgan fingerprint density at radius 2 is 2.10 bits per heavy atom. The Hall–Kier alpha value is -3.40. The van der Waals surface area contributed by atoms with Gasteiger partial charge in [-0.25, -0.2) is 4.79 Å². The number of halogens is 1. The van der Waals surface area contributed by atoms with Crippen LogP contribution in [0, 0.1) is 6.92 Å². The van der Waals surface area contributed by atoms with Crippen LogP contribution in [0.1, 0.15) is 23.2 Å². The molecule has 152 valence electrons. The molecular formula is C18H17ClN4O6. The molecule has 0 bridgehead atoms. The van der Waals surface area contributed by atoms with Crippen LogP contribution in [0.25, 0.3) is 11.1 Å². The molecule has 0 aliphatic rings. The highest BCUT2D eigenvalue weighted by Crippen LogP contribution is 2.27. The Balaban J connectivity index is 1.90. The lowest BCUT2D eigenvalue weighted by Crippen LogP contribution is -2.30. The van der Waals surface area contributed by atoms with Crippen molar-refractivity contribution >= 4 is 40.3 Å². The van der Waals surface area contributed by atoms with Crippen molar-refractivity contribution in [2.45, 2.75) is 20.4 Å². The number of rotatable bonds is 6. The van der Waals surface area contributed by atoms with Crippen molar-refractivity contribution < 1.29 is 23.6 Å². The van der Waals surface area contributed by atoms with E-state index < -0.39 is 17.4 Å². The van der Waals surface area contributed by atoms with Crippen LogP contribution in [-0.2, 0) is 16.1 Å². The summed E-state index contributed by atoms with van der Waals surface area (Å²) in [6.45, 7) is 2.92. The molecule has 0 radical (unpaired) electrons. The number of nitrogens with zero attached hydrogens (tertiary/aromatic N) is 3. The van der Waals surface area contributed by atoms with E-state index in [1.807, 2.05) is 0 Å². The minimum Gasteiger partial charge on any atom is -0.495 e. The van der Waals surface area contributed by atoms with Crippen molar-refractivity contribution in [1.29, 1.82) is 0 Å². The van der Waals surface area contributed by atoms with Gasteiger partial charge in [0.15, 0.2) is 0 Å². The number of ether oxygens (including phenoxy) is 2. The molecule has 0 saturated heterocycles. The van der Waals surface area contributed by atoms with Crippen LogP contribution in [0.15, 0.2) is 27.5 Å². The number of amides is 1. The Labute approximate surface area is 169 Å². The molecule has 0 unspecified atom stereocenters. The average Bonchev–Trinajstić information content (AvgIpc) is 3.09. The van der Waals surface area contributed by atoms with Crippen molar-refractivity contribution in [3.05, 3.63) is 45.1 Å². The van der Waals surface area contributed by atoms with E-state index in [2.05, 4.69) is 15.5 Å². The molecule has 2 aromatic heterocycles. The van der Waals surface area contributed by atoms with Crippen LogP contribution in [0.3, 0.4) is 0 Å². The maximum atomic E-state index is 12.9. The summed E-state index contributed by atoms with van der Waals surface area (Å²) < 4.78 is 16.0. The summed E-state index contributed by atoms with van der Waals surface area (Å²) in [7, 11) is 1.48. The molecule has 1 amide bonds. The topological polar surface area (TPSA) is 126 Å². The maximum absolute atomic E-state index is 12.9. The lowest BCUT2D eigenvalue weighted by Gasteiger charge is -2.11. The van der Waals surface area contributed by atoms with E-state index in [1.54, 1.807) is 19.1 Å². The predicted octanol–water partition coefficient (Wildman–Crippen LogP) is 2.17. The van der Waals surface area contributed by atoms with Crippen molar-refractivity contribution in [1.82, 2.24) is 14.7 Å². The molecule has 1 N–H and O–H groups in total. The van der Waals surface area contributed by atoms with E-state index in [0.717, 1.165) is 4.57 Å². The van der Waals surface area contributed by atoms with Gasteiger partial charge in [0.05, 0.1) is 18.7 Å². The fourth-order valence-corrected chi connectivity index (χ4v) is 2.91. The number of methoxy groups -OCH3 is 1. The van der Waals surface area contributed by atoms with Crippen LogP contribution >= 0.6 is 11.6 Å². The Bertz CT molecular complexity index is 1150. The highest BCUT2D eigenvalue weighted by molar-refractivity contribution is 6.32. The van der Waals surface area contributed by atoms with Crippen LogP contribution in [0.5, 0.6) is 5.75 Å². The second kappa shape index (κ2) is 8.31. The van der Waals surface area contributed by atoms with E-state index in [0.29, 0.717) is 16.5 Å². The molecule has 11 heteroatoms. The number of carbonyl (C=O) groups is 2. The fraction of sp³-hybridized carbons (Fsp3) is 0.278. The van der Waals surface area contributed by atoms with Gasteiger partial charge in [0.1, 0.15) is 23.5 Å². The van der Waals surface area contributed by atoms with Crippen LogP contribution < -0.4 is 15.6 Å². The third-order valence-corrected chi connectivity index (χ3v) is 4.29. The van der Waals surface area contributed by atoms with Gasteiger partial charge in [0, 0.05) is 5.69 Å². The number of carbonyl (C=O) groups excluding carboxylic acids is 2. The number of benzene rings is 1. The summed E-state index contributed by atoms with van der Waals surface area (Å²) >= 11 is 6.05. The molecule has 3 aromatic rings. The van der Waals surface area contributed by atoms with Gasteiger partial charge in [-0.05, 0) is 32.0 Å². The number of aryl methyl sites for hydroxylation is 1. The van der Waals surface area contributed by atoms with E-state index in [-0.39, 0.29) is 35.8 Å². The monoisotopic (exact) mass is 420 g/mol. The number of fused-ring (bicyclic) bond motifs is 1. The van der Waals surface area contributed by atoms with Gasteiger partial charge in [-0.15, -0.1) is 0 Å². The summed E-state index contributed by atoms with van der Waals surface area (Å²) in [6.07, 6.45) is 0. The lowest BCUT2D eigenvalue weighted by atomic mass is 10.3. The first kappa shape index (κ1) is 20.3. The van der Waals surface area contributed by atoms with Crippen molar-refractivity contribution in [3.63, 3.8) is 0 Å². The minimum atomic E-state index is -0.808. The Morgan fingerprint density at radius 3 is 2.76 bits per heavy atom. The number of aromatic nitrogens is 3. The number of anilines is 1. The van der Waals surface area contributed by atoms with Crippen molar-refractivity contribution in [3.8, 4) is 5.75 Å². The highest BCUT2D eigenvalue weighted by Gasteiger charge is 2.24. The molecule has 1 aromatic carbocycles. The molecule has 10 nitrogen and oxygen atoms in total. The molecule has 3 rings (SSSR count). The van der Waals surface area contributed by atoms with Crippen LogP contribution in [0.2, 0.25) is 5.02 Å². The van der Waals surface area contributed by atoms with Gasteiger partial charge in [-0.3, -0.25) is 14.2 Å². The molecular weight excluding hydrogens is 404 g/mol. The van der Waals surface area contributed by atoms with Gasteiger partial charge in [-0.2, -0.15) is 4.98 Å². The SMILES string of the molecule is CCOC(=O)c1noc2nc(C)n(CC(=O)Nc3ccc(OC)c(Cl)c3)c(=O)c12. The summed E-state index contributed by atoms with van der Waals surface area (Å²) in [5.41, 5.74) is -0.595. The molecule has 2 heterocycles. The number of esters is 1. The van der Waals surface area contributed by atoms with E-state index in [9.17, 15) is 14.4 Å². The van der Waals surface area contributed by atoms with Crippen molar-refractivity contribution in [2.75, 3.05) is 19.0 Å². The first-order valence-corrected chi connectivity index (χ1v) is 8.90. The first-order valence-electron chi connectivity index (χ1n) is 8.53. The molecule has 0 atom stereocenters. The van der Waals surface area contributed by atoms with Crippen LogP contribution in [-0.4, -0.2) is 40.3 Å². The molecule has 29 heavy (non-hydrogen) atoms. The second-order valence-corrected chi connectivity index (χ2v) is 6.29. The van der Waals surface area contributed by atoms with E-state index in [1.165, 1.54) is 20.1 Å². The third-order valence-electron chi connectivity index (χ3n) is 3.99. The van der Waals surface area contributed by atoms with Gasteiger partial charge >= 0.3 is 5.97 Å². The molecule has 0 fully saturated rings. The Kier molecular flexibility index (Phi) is 5.83. The summed E-state index contributed by atoms with van der Waals surface area (Å²) in [6, 6.07) is 4.73. The van der Waals surface area contributed by atoms with Gasteiger partial charge in [0.25, 0.3) is 11.3 Å². The summed E-state index contributed by atoms with van der Waals surface area (Å²) in [5, 5.41) is 6.40. The Morgan fingerprint density at radius 1 is 1.34 bits per heavy atom. The van der Waals surface area contributed by atoms with E-state index >= 15 is 0 Å². The molecule has 0 spiro atoms. The minimum absolute atomic E-state index is 0.103. The van der Waals surface area contributed by atoms with Gasteiger partial charge in [-0.1, -0.05) is 16.8 Å². The van der Waals surface area contributed by atoms with E-state index in [4.69, 9.17) is 25.6 Å². The quantitative estimate of drug-likeness (QED) is 0.601. The summed E-state index contributed by atoms with van der Waals surface area (Å²) in [4.78, 5) is 41.4. The van der Waals surface area contributed by atoms with Crippen molar-refractivity contribution in [2.24, 2.45) is 0 Å². The third kappa shape index (κ3) is 4.06. The zero-order chi connectivity index (χ0) is 21.1. The molecule has 0 aliphatic heterocycles. The zero-order valence-corrected chi connectivity index (χ0v) is 16.6. The zero-order valence-electron chi connectivity index (χ0n) is 15.8. The first-order chi connectivity index (χ1) is 13.8. The largest absolute Gasteiger partial charge is 0.495 e. The number of hydrogen-bond acceptors (Lipinski definition) is 8. The number of nitrogens with one attached hydrogen (secondary N) is 1. The van der Waals surface area contributed by atoms with Crippen LogP contribution in [0.4, 0.5) is 5.69 Å².